The minimum atomic E-state index is -0.521. The van der Waals surface area contributed by atoms with Crippen LogP contribution >= 0.6 is 11.8 Å². The molecular formula is C16H20ClN3O. The van der Waals surface area contributed by atoms with Gasteiger partial charge in [0, 0.05) is 23.4 Å². The lowest BCUT2D eigenvalue weighted by atomic mass is 9.94. The summed E-state index contributed by atoms with van der Waals surface area (Å²) < 4.78 is 1.49. The van der Waals surface area contributed by atoms with Crippen LogP contribution in [-0.2, 0) is 4.79 Å². The molecule has 0 fully saturated rings. The van der Waals surface area contributed by atoms with Gasteiger partial charge in [-0.3, -0.25) is 14.1 Å². The van der Waals surface area contributed by atoms with Crippen molar-refractivity contribution in [3.63, 3.8) is 0 Å². The first kappa shape index (κ1) is 15.6. The molecule has 1 aliphatic rings. The first-order valence-corrected chi connectivity index (χ1v) is 7.21. The molecule has 1 aliphatic heterocycles. The summed E-state index contributed by atoms with van der Waals surface area (Å²) in [6, 6.07) is 7.76. The summed E-state index contributed by atoms with van der Waals surface area (Å²) in [5, 5.41) is 0. The van der Waals surface area contributed by atoms with E-state index in [-0.39, 0.29) is 5.91 Å². The number of para-hydroxylation sites is 1. The molecule has 0 unspecified atom stereocenters. The van der Waals surface area contributed by atoms with E-state index in [1.54, 1.807) is 17.3 Å². The van der Waals surface area contributed by atoms with Crippen molar-refractivity contribution in [3.8, 4) is 0 Å². The summed E-state index contributed by atoms with van der Waals surface area (Å²) in [6.45, 7) is 8.19. The zero-order chi connectivity index (χ0) is 15.6. The van der Waals surface area contributed by atoms with Crippen LogP contribution in [-0.4, -0.2) is 23.1 Å². The van der Waals surface area contributed by atoms with Gasteiger partial charge in [0.15, 0.2) is 5.82 Å². The second-order valence-corrected chi connectivity index (χ2v) is 6.49. The number of halogens is 1. The number of aryl methyl sites for hydroxylation is 1. The molecule has 112 valence electrons. The van der Waals surface area contributed by atoms with Gasteiger partial charge in [0.25, 0.3) is 0 Å². The summed E-state index contributed by atoms with van der Waals surface area (Å²) in [6.07, 6.45) is 3.38. The highest BCUT2D eigenvalue weighted by Gasteiger charge is 2.32. The average Bonchev–Trinajstić information content (AvgIpc) is 2.40. The lowest BCUT2D eigenvalue weighted by Crippen LogP contribution is -2.40. The number of carbonyl (C=O) groups excluding carboxylic acids is 1. The second-order valence-electron chi connectivity index (χ2n) is 6.06. The highest BCUT2D eigenvalue weighted by molar-refractivity contribution is 6.15. The molecule has 0 aromatic heterocycles. The number of anilines is 1. The largest absolute Gasteiger partial charge is 0.283 e. The van der Waals surface area contributed by atoms with Crippen molar-refractivity contribution >= 4 is 29.6 Å². The molecule has 0 saturated heterocycles. The Morgan fingerprint density at radius 1 is 1.33 bits per heavy atom. The van der Waals surface area contributed by atoms with Crippen molar-refractivity contribution in [3.05, 3.63) is 41.8 Å². The van der Waals surface area contributed by atoms with Crippen LogP contribution in [0.3, 0.4) is 0 Å². The number of benzene rings is 1. The Kier molecular flexibility index (Phi) is 4.37. The maximum Gasteiger partial charge on any atom is 0.238 e. The van der Waals surface area contributed by atoms with Crippen molar-refractivity contribution in [2.45, 2.75) is 27.7 Å². The zero-order valence-electron chi connectivity index (χ0n) is 12.8. The highest BCUT2D eigenvalue weighted by Crippen LogP contribution is 2.30. The van der Waals surface area contributed by atoms with E-state index >= 15 is 0 Å². The van der Waals surface area contributed by atoms with Gasteiger partial charge in [-0.2, -0.15) is 0 Å². The van der Waals surface area contributed by atoms with Gasteiger partial charge in [-0.15, -0.1) is 0 Å². The molecule has 21 heavy (non-hydrogen) atoms. The number of amides is 1. The van der Waals surface area contributed by atoms with Crippen molar-refractivity contribution < 1.29 is 4.79 Å². The van der Waals surface area contributed by atoms with Crippen LogP contribution in [0, 0.1) is 12.3 Å². The van der Waals surface area contributed by atoms with Crippen LogP contribution in [0.25, 0.3) is 0 Å². The van der Waals surface area contributed by atoms with Gasteiger partial charge in [0.2, 0.25) is 5.91 Å². The van der Waals surface area contributed by atoms with Crippen molar-refractivity contribution in [1.82, 2.24) is 4.42 Å². The molecule has 0 N–H and O–H groups in total. The molecule has 1 aromatic carbocycles. The minimum Gasteiger partial charge on any atom is -0.283 e. The van der Waals surface area contributed by atoms with Crippen molar-refractivity contribution in [2.75, 3.05) is 11.4 Å². The Morgan fingerprint density at radius 2 is 2.00 bits per heavy atom. The average molecular weight is 306 g/mol. The zero-order valence-corrected chi connectivity index (χ0v) is 13.6. The summed E-state index contributed by atoms with van der Waals surface area (Å²) in [5.41, 5.74) is 1.32. The van der Waals surface area contributed by atoms with Gasteiger partial charge in [0.1, 0.15) is 0 Å². The van der Waals surface area contributed by atoms with Gasteiger partial charge in [-0.25, -0.2) is 4.99 Å². The predicted octanol–water partition coefficient (Wildman–Crippen LogP) is 3.71. The molecule has 5 heteroatoms. The molecular weight excluding hydrogens is 286 g/mol. The van der Waals surface area contributed by atoms with E-state index in [4.69, 9.17) is 11.8 Å². The van der Waals surface area contributed by atoms with Gasteiger partial charge < -0.3 is 0 Å². The van der Waals surface area contributed by atoms with Crippen LogP contribution in [0.2, 0.25) is 0 Å². The molecule has 1 amide bonds. The highest BCUT2D eigenvalue weighted by atomic mass is 35.5. The molecule has 0 radical (unpaired) electrons. The molecule has 1 heterocycles. The lowest BCUT2D eigenvalue weighted by Gasteiger charge is -2.32. The molecule has 0 aliphatic carbocycles. The smallest absolute Gasteiger partial charge is 0.238 e. The third kappa shape index (κ3) is 3.45. The number of carbonyl (C=O) groups is 1. The monoisotopic (exact) mass is 305 g/mol. The SMILES string of the molecule is Cc1ccccc1N(C(=O)C(C)(C)C)C1=CN(Cl)CC=N1. The van der Waals surface area contributed by atoms with Gasteiger partial charge in [-0.1, -0.05) is 39.0 Å². The number of rotatable bonds is 2. The van der Waals surface area contributed by atoms with Crippen LogP contribution < -0.4 is 4.90 Å². The second kappa shape index (κ2) is 5.90. The number of aliphatic imine (C=N–C) groups is 1. The minimum absolute atomic E-state index is 0.0211. The third-order valence-corrected chi connectivity index (χ3v) is 3.40. The van der Waals surface area contributed by atoms with E-state index in [0.29, 0.717) is 12.4 Å². The van der Waals surface area contributed by atoms with Crippen LogP contribution in [0.1, 0.15) is 26.3 Å². The van der Waals surface area contributed by atoms with Crippen molar-refractivity contribution in [2.24, 2.45) is 10.4 Å². The van der Waals surface area contributed by atoms with Crippen molar-refractivity contribution in [1.29, 1.82) is 0 Å². The standard InChI is InChI=1S/C16H20ClN3O/c1-12-7-5-6-8-13(12)20(15(21)16(2,3)4)14-11-19(17)10-9-18-14/h5-9,11H,10H2,1-4H3. The maximum atomic E-state index is 12.9. The topological polar surface area (TPSA) is 35.9 Å². The predicted molar refractivity (Wildman–Crippen MR) is 87.3 cm³/mol. The molecule has 1 aromatic rings. The number of hydrogen-bond acceptors (Lipinski definition) is 3. The first-order chi connectivity index (χ1) is 9.80. The van der Waals surface area contributed by atoms with E-state index in [2.05, 4.69) is 4.99 Å². The van der Waals surface area contributed by atoms with Gasteiger partial charge in [0.05, 0.1) is 18.4 Å². The van der Waals surface area contributed by atoms with E-state index < -0.39 is 5.41 Å². The van der Waals surface area contributed by atoms with E-state index in [0.717, 1.165) is 11.3 Å². The van der Waals surface area contributed by atoms with E-state index in [1.807, 2.05) is 52.0 Å². The summed E-state index contributed by atoms with van der Waals surface area (Å²) >= 11 is 6.03. The molecule has 0 spiro atoms. The molecule has 0 bridgehead atoms. The Bertz CT molecular complexity index is 602. The Labute approximate surface area is 130 Å². The molecule has 0 atom stereocenters. The summed E-state index contributed by atoms with van der Waals surface area (Å²) in [7, 11) is 0. The Morgan fingerprint density at radius 3 is 2.57 bits per heavy atom. The fraction of sp³-hybridized carbons (Fsp3) is 0.375. The molecule has 0 saturated carbocycles. The number of hydrogen-bond donors (Lipinski definition) is 0. The molecule has 2 rings (SSSR count). The first-order valence-electron chi connectivity index (χ1n) is 6.87. The number of nitrogens with zero attached hydrogens (tertiary/aromatic N) is 3. The Balaban J connectivity index is 2.53. The van der Waals surface area contributed by atoms with Gasteiger partial charge >= 0.3 is 0 Å². The molecule has 4 nitrogen and oxygen atoms in total. The summed E-state index contributed by atoms with van der Waals surface area (Å²) in [4.78, 5) is 18.9. The normalized spacial score (nSPS) is 14.9. The van der Waals surface area contributed by atoms with E-state index in [9.17, 15) is 4.79 Å². The van der Waals surface area contributed by atoms with Crippen LogP contribution in [0.5, 0.6) is 0 Å². The fourth-order valence-corrected chi connectivity index (χ4v) is 2.17. The lowest BCUT2D eigenvalue weighted by molar-refractivity contribution is -0.125. The maximum absolute atomic E-state index is 12.9. The fourth-order valence-electron chi connectivity index (χ4n) is 2.03. The third-order valence-electron chi connectivity index (χ3n) is 3.17. The van der Waals surface area contributed by atoms with Crippen LogP contribution in [0.4, 0.5) is 5.69 Å². The quantitative estimate of drug-likeness (QED) is 0.781. The van der Waals surface area contributed by atoms with Gasteiger partial charge in [-0.05, 0) is 18.6 Å². The van der Waals surface area contributed by atoms with E-state index in [1.165, 1.54) is 4.42 Å². The van der Waals surface area contributed by atoms with Crippen LogP contribution in [0.15, 0.2) is 41.3 Å². The summed E-state index contributed by atoms with van der Waals surface area (Å²) in [5.74, 6) is 0.512. The Hall–Kier alpha value is -1.81.